The van der Waals surface area contributed by atoms with Crippen molar-refractivity contribution >= 4 is 16.9 Å². The quantitative estimate of drug-likeness (QED) is 0.530. The maximum atomic E-state index is 13.0. The summed E-state index contributed by atoms with van der Waals surface area (Å²) in [5.41, 5.74) is 0.906. The molecule has 190 valence electrons. The molecule has 0 aliphatic carbocycles. The van der Waals surface area contributed by atoms with E-state index in [9.17, 15) is 23.2 Å². The van der Waals surface area contributed by atoms with Gasteiger partial charge in [0, 0.05) is 39.3 Å². The highest BCUT2D eigenvalue weighted by molar-refractivity contribution is 5.86. The Morgan fingerprint density at radius 2 is 1.86 bits per heavy atom. The average Bonchev–Trinajstić information content (AvgIpc) is 2.86. The number of aromatic nitrogens is 3. The monoisotopic (exact) mass is 500 g/mol. The molecule has 1 fully saturated rings. The van der Waals surface area contributed by atoms with Crippen LogP contribution in [-0.4, -0.2) is 58.3 Å². The number of methoxy groups -OCH3 is 1. The number of piperazine rings is 1. The summed E-state index contributed by atoms with van der Waals surface area (Å²) in [4.78, 5) is 25.6. The van der Waals surface area contributed by atoms with Crippen molar-refractivity contribution in [2.45, 2.75) is 38.1 Å². The minimum absolute atomic E-state index is 0.106. The summed E-state index contributed by atoms with van der Waals surface area (Å²) < 4.78 is 45.9. The Labute approximate surface area is 206 Å². The molecule has 2 aromatic heterocycles. The number of nitriles is 1. The molecule has 11 heteroatoms. The van der Waals surface area contributed by atoms with Crippen LogP contribution in [0.3, 0.4) is 0 Å². The van der Waals surface area contributed by atoms with Gasteiger partial charge in [-0.2, -0.15) is 23.4 Å². The van der Waals surface area contributed by atoms with E-state index in [4.69, 9.17) is 4.74 Å². The number of aryl methyl sites for hydroxylation is 1. The SMILES string of the molecule is COC[C@@H]1CN(c2nc(=O)n(C)c3ccc(C#N)nc23)C(C)CN1C(C)c1ccc(C(F)(F)F)cc1. The number of hydrogen-bond donors (Lipinski definition) is 0. The number of rotatable bonds is 5. The molecule has 36 heavy (non-hydrogen) atoms. The molecule has 0 radical (unpaired) electrons. The van der Waals surface area contributed by atoms with E-state index in [1.54, 1.807) is 26.3 Å². The second kappa shape index (κ2) is 9.87. The van der Waals surface area contributed by atoms with E-state index < -0.39 is 17.4 Å². The van der Waals surface area contributed by atoms with Crippen molar-refractivity contribution in [3.8, 4) is 6.07 Å². The van der Waals surface area contributed by atoms with E-state index in [1.807, 2.05) is 24.8 Å². The topological polar surface area (TPSA) is 87.3 Å². The summed E-state index contributed by atoms with van der Waals surface area (Å²) >= 11 is 0. The molecule has 3 atom stereocenters. The van der Waals surface area contributed by atoms with Crippen molar-refractivity contribution in [2.24, 2.45) is 7.05 Å². The van der Waals surface area contributed by atoms with Gasteiger partial charge in [-0.1, -0.05) is 12.1 Å². The first-order chi connectivity index (χ1) is 17.0. The van der Waals surface area contributed by atoms with Gasteiger partial charge in [0.05, 0.1) is 23.7 Å². The van der Waals surface area contributed by atoms with Crippen molar-refractivity contribution in [1.29, 1.82) is 5.26 Å². The number of benzene rings is 1. The van der Waals surface area contributed by atoms with Crippen molar-refractivity contribution in [3.63, 3.8) is 0 Å². The second-order valence-electron chi connectivity index (χ2n) is 9.06. The van der Waals surface area contributed by atoms with Crippen molar-refractivity contribution in [3.05, 3.63) is 63.7 Å². The van der Waals surface area contributed by atoms with Crippen LogP contribution in [0.2, 0.25) is 0 Å². The molecule has 4 rings (SSSR count). The molecular formula is C25H27F3N6O2. The number of anilines is 1. The molecule has 1 aliphatic heterocycles. The number of halogens is 3. The van der Waals surface area contributed by atoms with Crippen LogP contribution in [0.15, 0.2) is 41.2 Å². The van der Waals surface area contributed by atoms with Gasteiger partial charge in [-0.3, -0.25) is 9.47 Å². The molecule has 3 heterocycles. The molecule has 1 aromatic carbocycles. The zero-order chi connectivity index (χ0) is 26.2. The van der Waals surface area contributed by atoms with Crippen LogP contribution >= 0.6 is 0 Å². The molecule has 1 saturated heterocycles. The zero-order valence-corrected chi connectivity index (χ0v) is 20.5. The average molecular weight is 501 g/mol. The third-order valence-electron chi connectivity index (χ3n) is 6.78. The molecule has 0 bridgehead atoms. The van der Waals surface area contributed by atoms with Gasteiger partial charge in [0.1, 0.15) is 17.3 Å². The Morgan fingerprint density at radius 3 is 2.47 bits per heavy atom. The van der Waals surface area contributed by atoms with Gasteiger partial charge >= 0.3 is 11.9 Å². The standard InChI is InChI=1S/C25H27F3N6O2/c1-15-12-34(16(2)17-5-7-18(8-6-17)25(26,27)28)20(14-36-4)13-33(15)23-22-21(32(3)24(35)31-23)10-9-19(11-29)30-22/h5-10,15-16,20H,12-14H2,1-4H3/t15?,16?,20-/m0/s1. The van der Waals surface area contributed by atoms with Gasteiger partial charge in [0.25, 0.3) is 0 Å². The van der Waals surface area contributed by atoms with Gasteiger partial charge in [0.2, 0.25) is 0 Å². The maximum absolute atomic E-state index is 13.0. The maximum Gasteiger partial charge on any atom is 0.416 e. The summed E-state index contributed by atoms with van der Waals surface area (Å²) in [5, 5.41) is 9.35. The highest BCUT2D eigenvalue weighted by atomic mass is 19.4. The normalized spacial score (nSPS) is 19.9. The van der Waals surface area contributed by atoms with Gasteiger partial charge in [-0.25, -0.2) is 9.78 Å². The van der Waals surface area contributed by atoms with Gasteiger partial charge in [0.15, 0.2) is 5.82 Å². The minimum atomic E-state index is -4.39. The molecule has 2 unspecified atom stereocenters. The first-order valence-electron chi connectivity index (χ1n) is 11.5. The van der Waals surface area contributed by atoms with E-state index in [2.05, 4.69) is 14.9 Å². The van der Waals surface area contributed by atoms with Crippen LogP contribution in [-0.2, 0) is 18.0 Å². The summed E-state index contributed by atoms with van der Waals surface area (Å²) in [6, 6.07) is 10.1. The van der Waals surface area contributed by atoms with Crippen LogP contribution in [0.4, 0.5) is 19.0 Å². The van der Waals surface area contributed by atoms with Crippen LogP contribution in [0.1, 0.15) is 36.7 Å². The minimum Gasteiger partial charge on any atom is -0.383 e. The Kier molecular flexibility index (Phi) is 7.02. The van der Waals surface area contributed by atoms with Crippen LogP contribution in [0, 0.1) is 11.3 Å². The molecule has 1 aliphatic rings. The number of alkyl halides is 3. The van der Waals surface area contributed by atoms with Crippen molar-refractivity contribution < 1.29 is 17.9 Å². The molecule has 3 aromatic rings. The number of nitrogens with zero attached hydrogens (tertiary/aromatic N) is 6. The number of fused-ring (bicyclic) bond motifs is 1. The van der Waals surface area contributed by atoms with Crippen LogP contribution in [0.5, 0.6) is 0 Å². The van der Waals surface area contributed by atoms with Crippen molar-refractivity contribution in [2.75, 3.05) is 31.7 Å². The molecular weight excluding hydrogens is 473 g/mol. The highest BCUT2D eigenvalue weighted by Gasteiger charge is 2.37. The fourth-order valence-electron chi connectivity index (χ4n) is 4.79. The predicted molar refractivity (Wildman–Crippen MR) is 129 cm³/mol. The Hall–Kier alpha value is -3.49. The van der Waals surface area contributed by atoms with E-state index >= 15 is 0 Å². The van der Waals surface area contributed by atoms with E-state index in [0.29, 0.717) is 36.5 Å². The molecule has 0 spiro atoms. The predicted octanol–water partition coefficient (Wildman–Crippen LogP) is 3.51. The second-order valence-corrected chi connectivity index (χ2v) is 9.06. The number of pyridine rings is 1. The zero-order valence-electron chi connectivity index (χ0n) is 20.5. The smallest absolute Gasteiger partial charge is 0.383 e. The summed E-state index contributed by atoms with van der Waals surface area (Å²) in [7, 11) is 3.20. The van der Waals surface area contributed by atoms with E-state index in [-0.39, 0.29) is 23.8 Å². The lowest BCUT2D eigenvalue weighted by molar-refractivity contribution is -0.137. The van der Waals surface area contributed by atoms with Crippen molar-refractivity contribution in [1.82, 2.24) is 19.4 Å². The lowest BCUT2D eigenvalue weighted by atomic mass is 9.99. The van der Waals surface area contributed by atoms with E-state index in [0.717, 1.165) is 17.7 Å². The fourth-order valence-corrected chi connectivity index (χ4v) is 4.79. The molecule has 8 nitrogen and oxygen atoms in total. The Bertz CT molecular complexity index is 1350. The first kappa shape index (κ1) is 25.6. The van der Waals surface area contributed by atoms with Gasteiger partial charge in [-0.05, 0) is 43.7 Å². The fraction of sp³-hybridized carbons (Fsp3) is 0.440. The molecule has 0 amide bonds. The van der Waals surface area contributed by atoms with Gasteiger partial charge < -0.3 is 9.64 Å². The lowest BCUT2D eigenvalue weighted by Gasteiger charge is -2.48. The van der Waals surface area contributed by atoms with Crippen LogP contribution < -0.4 is 10.6 Å². The largest absolute Gasteiger partial charge is 0.416 e. The van der Waals surface area contributed by atoms with E-state index in [1.165, 1.54) is 16.7 Å². The van der Waals surface area contributed by atoms with Gasteiger partial charge in [-0.15, -0.1) is 0 Å². The summed E-state index contributed by atoms with van der Waals surface area (Å²) in [5.74, 6) is 0.403. The third-order valence-corrected chi connectivity index (χ3v) is 6.78. The number of hydrogen-bond acceptors (Lipinski definition) is 7. The molecule has 0 saturated carbocycles. The lowest BCUT2D eigenvalue weighted by Crippen LogP contribution is -2.59. The Balaban J connectivity index is 1.69. The highest BCUT2D eigenvalue weighted by Crippen LogP contribution is 2.34. The van der Waals surface area contributed by atoms with Crippen LogP contribution in [0.25, 0.3) is 11.0 Å². The number of ether oxygens (including phenoxy) is 1. The summed E-state index contributed by atoms with van der Waals surface area (Å²) in [6.45, 7) is 5.32. The Morgan fingerprint density at radius 1 is 1.17 bits per heavy atom. The third kappa shape index (κ3) is 4.79. The molecule has 0 N–H and O–H groups in total. The summed E-state index contributed by atoms with van der Waals surface area (Å²) in [6.07, 6.45) is -4.39. The first-order valence-corrected chi connectivity index (χ1v) is 11.5.